The molecule has 3 N–H and O–H groups in total. The summed E-state index contributed by atoms with van der Waals surface area (Å²) in [4.78, 5) is -0.496. The van der Waals surface area contributed by atoms with E-state index in [1.807, 2.05) is 0 Å². The lowest BCUT2D eigenvalue weighted by Gasteiger charge is -2.09. The van der Waals surface area contributed by atoms with Gasteiger partial charge in [-0.15, -0.1) is 0 Å². The molecule has 0 saturated heterocycles. The van der Waals surface area contributed by atoms with E-state index in [1.54, 1.807) is 0 Å². The van der Waals surface area contributed by atoms with Crippen LogP contribution in [0.25, 0.3) is 0 Å². The van der Waals surface area contributed by atoms with Crippen molar-refractivity contribution in [2.24, 2.45) is 5.92 Å². The molecule has 4 nitrogen and oxygen atoms in total. The van der Waals surface area contributed by atoms with Crippen LogP contribution in [0.1, 0.15) is 25.7 Å². The number of rotatable bonds is 6. The fourth-order valence-electron chi connectivity index (χ4n) is 1.86. The van der Waals surface area contributed by atoms with E-state index >= 15 is 0 Å². The molecule has 0 bridgehead atoms. The standard InChI is InChI=1S/C12H16ClFN2O2S/c13-10-6-9(15)7-11(12(10)14)19(17,18)16-5-1-2-8-3-4-8/h6-8,16H,1-5,15H2. The SMILES string of the molecule is Nc1cc(Cl)c(F)c(S(=O)(=O)NCCCC2CC2)c1. The van der Waals surface area contributed by atoms with Gasteiger partial charge in [0.05, 0.1) is 5.02 Å². The van der Waals surface area contributed by atoms with Gasteiger partial charge in [0.2, 0.25) is 10.0 Å². The predicted octanol–water partition coefficient (Wildman–Crippen LogP) is 2.53. The van der Waals surface area contributed by atoms with Crippen molar-refractivity contribution in [3.8, 4) is 0 Å². The van der Waals surface area contributed by atoms with Crippen molar-refractivity contribution < 1.29 is 12.8 Å². The van der Waals surface area contributed by atoms with Crippen LogP contribution in [0.5, 0.6) is 0 Å². The number of nitrogens with two attached hydrogens (primary N) is 1. The molecule has 1 aliphatic carbocycles. The van der Waals surface area contributed by atoms with Gasteiger partial charge >= 0.3 is 0 Å². The minimum atomic E-state index is -3.90. The lowest BCUT2D eigenvalue weighted by Crippen LogP contribution is -2.26. The Morgan fingerprint density at radius 3 is 2.74 bits per heavy atom. The lowest BCUT2D eigenvalue weighted by atomic mass is 10.2. The average molecular weight is 307 g/mol. The molecule has 0 aromatic heterocycles. The van der Waals surface area contributed by atoms with Crippen LogP contribution in [0.4, 0.5) is 10.1 Å². The Labute approximate surface area is 117 Å². The lowest BCUT2D eigenvalue weighted by molar-refractivity contribution is 0.552. The minimum Gasteiger partial charge on any atom is -0.399 e. The zero-order valence-corrected chi connectivity index (χ0v) is 11.9. The molecule has 1 saturated carbocycles. The molecule has 0 amide bonds. The summed E-state index contributed by atoms with van der Waals surface area (Å²) in [6.45, 7) is 0.296. The van der Waals surface area contributed by atoms with E-state index in [-0.39, 0.29) is 10.7 Å². The Balaban J connectivity index is 2.05. The average Bonchev–Trinajstić information content (AvgIpc) is 3.13. The second kappa shape index (κ2) is 5.64. The second-order valence-electron chi connectivity index (χ2n) is 4.80. The van der Waals surface area contributed by atoms with Crippen LogP contribution in [-0.4, -0.2) is 15.0 Å². The summed E-state index contributed by atoms with van der Waals surface area (Å²) in [5.41, 5.74) is 5.60. The smallest absolute Gasteiger partial charge is 0.243 e. The number of nitrogen functional groups attached to an aromatic ring is 1. The highest BCUT2D eigenvalue weighted by Gasteiger charge is 2.23. The summed E-state index contributed by atoms with van der Waals surface area (Å²) in [7, 11) is -3.90. The fraction of sp³-hybridized carbons (Fsp3) is 0.500. The quantitative estimate of drug-likeness (QED) is 0.626. The highest BCUT2D eigenvalue weighted by atomic mass is 35.5. The first-order valence-electron chi connectivity index (χ1n) is 6.14. The molecule has 0 unspecified atom stereocenters. The highest BCUT2D eigenvalue weighted by Crippen LogP contribution is 2.33. The molecule has 1 aliphatic rings. The van der Waals surface area contributed by atoms with Crippen LogP contribution in [0.15, 0.2) is 17.0 Å². The van der Waals surface area contributed by atoms with E-state index in [9.17, 15) is 12.8 Å². The third kappa shape index (κ3) is 3.81. The Morgan fingerprint density at radius 1 is 1.42 bits per heavy atom. The van der Waals surface area contributed by atoms with Crippen molar-refractivity contribution in [2.45, 2.75) is 30.6 Å². The molecule has 2 rings (SSSR count). The van der Waals surface area contributed by atoms with Crippen molar-refractivity contribution in [1.82, 2.24) is 4.72 Å². The summed E-state index contributed by atoms with van der Waals surface area (Å²) >= 11 is 5.59. The first-order chi connectivity index (χ1) is 8.90. The van der Waals surface area contributed by atoms with Crippen LogP contribution in [0.2, 0.25) is 5.02 Å². The minimum absolute atomic E-state index is 0.116. The Bertz CT molecular complexity index is 573. The van der Waals surface area contributed by atoms with E-state index in [1.165, 1.54) is 18.9 Å². The van der Waals surface area contributed by atoms with Gasteiger partial charge in [0.25, 0.3) is 0 Å². The van der Waals surface area contributed by atoms with Gasteiger partial charge in [-0.3, -0.25) is 0 Å². The maximum atomic E-state index is 13.7. The molecule has 106 valence electrons. The molecule has 1 aromatic carbocycles. The zero-order chi connectivity index (χ0) is 14.0. The predicted molar refractivity (Wildman–Crippen MR) is 73.0 cm³/mol. The monoisotopic (exact) mass is 306 g/mol. The summed E-state index contributed by atoms with van der Waals surface area (Å²) < 4.78 is 40.0. The molecular formula is C12H16ClFN2O2S. The van der Waals surface area contributed by atoms with Gasteiger partial charge in [-0.1, -0.05) is 24.4 Å². The Hall–Kier alpha value is -0.850. The first kappa shape index (κ1) is 14.6. The van der Waals surface area contributed by atoms with Crippen molar-refractivity contribution in [1.29, 1.82) is 0 Å². The van der Waals surface area contributed by atoms with Crippen molar-refractivity contribution >= 4 is 27.3 Å². The topological polar surface area (TPSA) is 72.2 Å². The van der Waals surface area contributed by atoms with Crippen LogP contribution in [-0.2, 0) is 10.0 Å². The van der Waals surface area contributed by atoms with E-state index < -0.39 is 20.7 Å². The number of sulfonamides is 1. The van der Waals surface area contributed by atoms with Crippen LogP contribution >= 0.6 is 11.6 Å². The summed E-state index contributed by atoms with van der Waals surface area (Å²) in [5.74, 6) is -0.228. The molecule has 1 fully saturated rings. The number of hydrogen-bond donors (Lipinski definition) is 2. The summed E-state index contributed by atoms with van der Waals surface area (Å²) in [5, 5.41) is -0.293. The van der Waals surface area contributed by atoms with Gasteiger partial charge in [0.1, 0.15) is 4.90 Å². The molecule has 7 heteroatoms. The number of hydrogen-bond acceptors (Lipinski definition) is 3. The fourth-order valence-corrected chi connectivity index (χ4v) is 3.35. The maximum absolute atomic E-state index is 13.7. The van der Waals surface area contributed by atoms with Crippen molar-refractivity contribution in [2.75, 3.05) is 12.3 Å². The number of nitrogens with one attached hydrogen (secondary N) is 1. The molecule has 1 aromatic rings. The maximum Gasteiger partial charge on any atom is 0.243 e. The molecule has 0 spiro atoms. The van der Waals surface area contributed by atoms with Crippen LogP contribution in [0, 0.1) is 11.7 Å². The molecule has 0 radical (unpaired) electrons. The molecule has 19 heavy (non-hydrogen) atoms. The van der Waals surface area contributed by atoms with Crippen molar-refractivity contribution in [3.05, 3.63) is 23.0 Å². The van der Waals surface area contributed by atoms with Gasteiger partial charge in [0.15, 0.2) is 5.82 Å². The van der Waals surface area contributed by atoms with E-state index in [2.05, 4.69) is 4.72 Å². The highest BCUT2D eigenvalue weighted by molar-refractivity contribution is 7.89. The first-order valence-corrected chi connectivity index (χ1v) is 8.00. The van der Waals surface area contributed by atoms with Gasteiger partial charge < -0.3 is 5.73 Å². The third-order valence-corrected chi connectivity index (χ3v) is 4.82. The molecule has 0 atom stereocenters. The van der Waals surface area contributed by atoms with Gasteiger partial charge in [0, 0.05) is 12.2 Å². The Kier molecular flexibility index (Phi) is 4.32. The summed E-state index contributed by atoms with van der Waals surface area (Å²) in [6, 6.07) is 2.26. The van der Waals surface area contributed by atoms with Gasteiger partial charge in [-0.25, -0.2) is 17.5 Å². The van der Waals surface area contributed by atoms with Crippen LogP contribution < -0.4 is 10.5 Å². The second-order valence-corrected chi connectivity index (χ2v) is 6.94. The van der Waals surface area contributed by atoms with E-state index in [4.69, 9.17) is 17.3 Å². The van der Waals surface area contributed by atoms with E-state index in [0.717, 1.165) is 24.8 Å². The summed E-state index contributed by atoms with van der Waals surface area (Å²) in [6.07, 6.45) is 4.21. The van der Waals surface area contributed by atoms with E-state index in [0.29, 0.717) is 6.54 Å². The van der Waals surface area contributed by atoms with Gasteiger partial charge in [-0.2, -0.15) is 0 Å². The molecular weight excluding hydrogens is 291 g/mol. The molecule has 0 aliphatic heterocycles. The number of benzene rings is 1. The largest absolute Gasteiger partial charge is 0.399 e. The Morgan fingerprint density at radius 2 is 2.11 bits per heavy atom. The molecule has 0 heterocycles. The number of anilines is 1. The van der Waals surface area contributed by atoms with Crippen LogP contribution in [0.3, 0.4) is 0 Å². The zero-order valence-electron chi connectivity index (χ0n) is 10.3. The van der Waals surface area contributed by atoms with Crippen molar-refractivity contribution in [3.63, 3.8) is 0 Å². The number of halogens is 2. The normalized spacial score (nSPS) is 15.7. The van der Waals surface area contributed by atoms with Gasteiger partial charge in [-0.05, 0) is 30.9 Å². The third-order valence-electron chi connectivity index (χ3n) is 3.08.